The van der Waals surface area contributed by atoms with E-state index < -0.39 is 11.8 Å². The second-order valence-electron chi connectivity index (χ2n) is 3.21. The van der Waals surface area contributed by atoms with Gasteiger partial charge in [-0.25, -0.2) is 0 Å². The highest BCUT2D eigenvalue weighted by Gasteiger charge is 2.51. The first-order chi connectivity index (χ1) is 6.27. The van der Waals surface area contributed by atoms with Crippen LogP contribution in [-0.4, -0.2) is 16.3 Å². The van der Waals surface area contributed by atoms with Crippen molar-refractivity contribution in [3.05, 3.63) is 29.6 Å². The first kappa shape index (κ1) is 11.0. The van der Waals surface area contributed by atoms with Crippen molar-refractivity contribution < 1.29 is 18.3 Å². The predicted octanol–water partition coefficient (Wildman–Crippen LogP) is 2.16. The van der Waals surface area contributed by atoms with E-state index in [1.807, 2.05) is 0 Å². The summed E-state index contributed by atoms with van der Waals surface area (Å²) in [5.74, 6) is 0. The first-order valence-corrected chi connectivity index (χ1v) is 3.98. The van der Waals surface area contributed by atoms with Crippen LogP contribution in [0.4, 0.5) is 13.2 Å². The van der Waals surface area contributed by atoms with Gasteiger partial charge in [0.2, 0.25) is 0 Å². The van der Waals surface area contributed by atoms with Crippen molar-refractivity contribution >= 4 is 0 Å². The molecule has 14 heavy (non-hydrogen) atoms. The van der Waals surface area contributed by atoms with Crippen LogP contribution in [0.3, 0.4) is 0 Å². The standard InChI is InChI=1S/C9H10F3NO/c1-6-7(4-3-5-13-6)8(2,14)9(10,11)12/h3-5,14H,1-2H3. The van der Waals surface area contributed by atoms with E-state index in [1.165, 1.54) is 25.3 Å². The van der Waals surface area contributed by atoms with Gasteiger partial charge in [-0.2, -0.15) is 13.2 Å². The molecule has 2 nitrogen and oxygen atoms in total. The van der Waals surface area contributed by atoms with Gasteiger partial charge in [0, 0.05) is 17.5 Å². The van der Waals surface area contributed by atoms with Gasteiger partial charge in [-0.1, -0.05) is 6.07 Å². The molecule has 0 spiro atoms. The predicted molar refractivity (Wildman–Crippen MR) is 44.6 cm³/mol. The number of pyridine rings is 1. The van der Waals surface area contributed by atoms with Crippen molar-refractivity contribution in [1.82, 2.24) is 4.98 Å². The Morgan fingerprint density at radius 1 is 1.36 bits per heavy atom. The lowest BCUT2D eigenvalue weighted by Crippen LogP contribution is -2.39. The Labute approximate surface area is 79.4 Å². The summed E-state index contributed by atoms with van der Waals surface area (Å²) in [6.45, 7) is 2.15. The molecule has 0 saturated heterocycles. The summed E-state index contributed by atoms with van der Waals surface area (Å²) < 4.78 is 37.3. The molecule has 1 rings (SSSR count). The van der Waals surface area contributed by atoms with E-state index in [2.05, 4.69) is 4.98 Å². The van der Waals surface area contributed by atoms with Crippen LogP contribution >= 0.6 is 0 Å². The summed E-state index contributed by atoms with van der Waals surface area (Å²) in [5, 5.41) is 9.34. The number of hydrogen-bond acceptors (Lipinski definition) is 2. The van der Waals surface area contributed by atoms with Crippen molar-refractivity contribution in [3.63, 3.8) is 0 Å². The molecule has 1 aromatic rings. The third-order valence-electron chi connectivity index (χ3n) is 2.08. The number of rotatable bonds is 1. The summed E-state index contributed by atoms with van der Waals surface area (Å²) in [7, 11) is 0. The van der Waals surface area contributed by atoms with Gasteiger partial charge in [0.1, 0.15) is 0 Å². The highest BCUT2D eigenvalue weighted by atomic mass is 19.4. The number of aryl methyl sites for hydroxylation is 1. The summed E-state index contributed by atoms with van der Waals surface area (Å²) in [5.41, 5.74) is -2.88. The van der Waals surface area contributed by atoms with E-state index >= 15 is 0 Å². The van der Waals surface area contributed by atoms with E-state index in [4.69, 9.17) is 0 Å². The maximum atomic E-state index is 12.4. The number of alkyl halides is 3. The minimum atomic E-state index is -4.69. The van der Waals surface area contributed by atoms with Crippen molar-refractivity contribution in [2.24, 2.45) is 0 Å². The Morgan fingerprint density at radius 2 is 1.93 bits per heavy atom. The second-order valence-corrected chi connectivity index (χ2v) is 3.21. The second kappa shape index (κ2) is 3.24. The number of hydrogen-bond donors (Lipinski definition) is 1. The molecule has 0 amide bonds. The minimum Gasteiger partial charge on any atom is -0.376 e. The molecule has 0 aliphatic rings. The van der Waals surface area contributed by atoms with Gasteiger partial charge in [0.05, 0.1) is 0 Å². The van der Waals surface area contributed by atoms with Gasteiger partial charge < -0.3 is 5.11 Å². The van der Waals surface area contributed by atoms with E-state index in [0.29, 0.717) is 0 Å². The molecular weight excluding hydrogens is 195 g/mol. The van der Waals surface area contributed by atoms with Crippen LogP contribution in [0.1, 0.15) is 18.2 Å². The molecule has 0 aliphatic carbocycles. The topological polar surface area (TPSA) is 33.1 Å². The summed E-state index contributed by atoms with van der Waals surface area (Å²) in [4.78, 5) is 3.70. The molecule has 0 fully saturated rings. The van der Waals surface area contributed by atoms with Crippen LogP contribution in [0, 0.1) is 6.92 Å². The van der Waals surface area contributed by atoms with Gasteiger partial charge in [-0.05, 0) is 19.9 Å². The fourth-order valence-electron chi connectivity index (χ4n) is 1.15. The Kier molecular flexibility index (Phi) is 2.54. The fourth-order valence-corrected chi connectivity index (χ4v) is 1.15. The van der Waals surface area contributed by atoms with Crippen LogP contribution in [0.15, 0.2) is 18.3 Å². The first-order valence-electron chi connectivity index (χ1n) is 3.98. The molecule has 1 heterocycles. The van der Waals surface area contributed by atoms with Gasteiger partial charge in [0.15, 0.2) is 5.60 Å². The zero-order chi connectivity index (χ0) is 11.0. The lowest BCUT2D eigenvalue weighted by atomic mass is 9.94. The molecule has 0 radical (unpaired) electrons. The molecule has 78 valence electrons. The van der Waals surface area contributed by atoms with Crippen molar-refractivity contribution in [1.29, 1.82) is 0 Å². The molecule has 1 atom stereocenters. The van der Waals surface area contributed by atoms with Crippen molar-refractivity contribution in [2.75, 3.05) is 0 Å². The Bertz CT molecular complexity index is 333. The lowest BCUT2D eigenvalue weighted by molar-refractivity contribution is -0.259. The average Bonchev–Trinajstić information content (AvgIpc) is 2.02. The number of halogens is 3. The maximum Gasteiger partial charge on any atom is 0.421 e. The van der Waals surface area contributed by atoms with Crippen molar-refractivity contribution in [3.8, 4) is 0 Å². The monoisotopic (exact) mass is 205 g/mol. The molecule has 1 aromatic heterocycles. The zero-order valence-electron chi connectivity index (χ0n) is 7.76. The van der Waals surface area contributed by atoms with E-state index in [9.17, 15) is 18.3 Å². The molecule has 0 aliphatic heterocycles. The third kappa shape index (κ3) is 1.72. The minimum absolute atomic E-state index is 0.176. The highest BCUT2D eigenvalue weighted by molar-refractivity contribution is 5.26. The molecular formula is C9H10F3NO. The number of aromatic nitrogens is 1. The molecule has 1 unspecified atom stereocenters. The molecule has 0 bridgehead atoms. The molecule has 1 N–H and O–H groups in total. The third-order valence-corrected chi connectivity index (χ3v) is 2.08. The Morgan fingerprint density at radius 3 is 2.36 bits per heavy atom. The Balaban J connectivity index is 3.23. The lowest BCUT2D eigenvalue weighted by Gasteiger charge is -2.27. The van der Waals surface area contributed by atoms with Crippen LogP contribution in [0.5, 0.6) is 0 Å². The van der Waals surface area contributed by atoms with Crippen LogP contribution in [0.25, 0.3) is 0 Å². The van der Waals surface area contributed by atoms with Crippen LogP contribution in [-0.2, 0) is 5.60 Å². The average molecular weight is 205 g/mol. The smallest absolute Gasteiger partial charge is 0.376 e. The molecule has 0 saturated carbocycles. The molecule has 5 heteroatoms. The van der Waals surface area contributed by atoms with Crippen LogP contribution < -0.4 is 0 Å². The largest absolute Gasteiger partial charge is 0.421 e. The number of aliphatic hydroxyl groups is 1. The zero-order valence-corrected chi connectivity index (χ0v) is 7.76. The van der Waals surface area contributed by atoms with E-state index in [0.717, 1.165) is 6.92 Å². The number of nitrogens with zero attached hydrogens (tertiary/aromatic N) is 1. The Hall–Kier alpha value is -1.10. The van der Waals surface area contributed by atoms with Gasteiger partial charge in [-0.15, -0.1) is 0 Å². The summed E-state index contributed by atoms with van der Waals surface area (Å²) >= 11 is 0. The quantitative estimate of drug-likeness (QED) is 0.762. The van der Waals surface area contributed by atoms with Gasteiger partial charge in [0.25, 0.3) is 0 Å². The normalized spacial score (nSPS) is 16.4. The van der Waals surface area contributed by atoms with E-state index in [1.54, 1.807) is 0 Å². The fraction of sp³-hybridized carbons (Fsp3) is 0.444. The van der Waals surface area contributed by atoms with Gasteiger partial charge >= 0.3 is 6.18 Å². The summed E-state index contributed by atoms with van der Waals surface area (Å²) in [6.07, 6.45) is -3.31. The highest BCUT2D eigenvalue weighted by Crippen LogP contribution is 2.39. The van der Waals surface area contributed by atoms with Crippen LogP contribution in [0.2, 0.25) is 0 Å². The van der Waals surface area contributed by atoms with Crippen molar-refractivity contribution in [2.45, 2.75) is 25.6 Å². The SMILES string of the molecule is Cc1ncccc1C(C)(O)C(F)(F)F. The van der Waals surface area contributed by atoms with E-state index in [-0.39, 0.29) is 11.3 Å². The molecule has 0 aromatic carbocycles. The van der Waals surface area contributed by atoms with Gasteiger partial charge in [-0.3, -0.25) is 4.98 Å². The summed E-state index contributed by atoms with van der Waals surface area (Å²) in [6, 6.07) is 2.58. The maximum absolute atomic E-state index is 12.4.